The number of phosphoric acid groups is 1. The van der Waals surface area contributed by atoms with Crippen LogP contribution in [0.1, 0.15) is 181 Å². The Hall–Kier alpha value is -2.07. The molecular weight excluding hydrogens is 1060 g/mol. The molecule has 3 aliphatic rings. The lowest BCUT2D eigenvalue weighted by molar-refractivity contribution is -0.360. The lowest BCUT2D eigenvalue weighted by Gasteiger charge is -2.49. The fourth-order valence-electron chi connectivity index (χ4n) is 9.74. The zero-order chi connectivity index (χ0) is 58.2. The van der Waals surface area contributed by atoms with Crippen LogP contribution in [0.5, 0.6) is 0 Å². The van der Waals surface area contributed by atoms with Crippen molar-refractivity contribution in [3.8, 4) is 0 Å². The standard InChI is InChI=1S/C55H99O23P/c1-3-5-7-9-11-13-15-17-18-20-21-23-25-27-29-31-40(58)71-35-37(73-41(59)32-30-28-26-24-22-19-16-14-12-10-8-6-4-2)36-72-79(69,70)78-53-51(76-54-49(67)44(62)42(60)38(33-56)74-54)47(65)46(64)48(66)52(53)77-55-50(68)45(63)43(61)39(34-57)75-55/h25,27,29,31,37-39,42-57,60-68H,3-24,26,28,30,32-36H2,1-2H3,(H,69,70)/b27-25+,31-29+. The molecule has 0 aromatic heterocycles. The summed E-state index contributed by atoms with van der Waals surface area (Å²) in [6.07, 6.45) is -0.517. The largest absolute Gasteiger partial charge is 0.472 e. The van der Waals surface area contributed by atoms with Crippen LogP contribution in [-0.4, -0.2) is 204 Å². The molecule has 24 heteroatoms. The van der Waals surface area contributed by atoms with Crippen LogP contribution < -0.4 is 0 Å². The van der Waals surface area contributed by atoms with E-state index in [0.29, 0.717) is 6.42 Å². The van der Waals surface area contributed by atoms with Crippen LogP contribution in [0.15, 0.2) is 24.3 Å². The van der Waals surface area contributed by atoms with Gasteiger partial charge in [0, 0.05) is 12.5 Å². The Morgan fingerprint density at radius 1 is 0.506 bits per heavy atom. The second-order valence-corrected chi connectivity index (χ2v) is 22.7. The van der Waals surface area contributed by atoms with Crippen molar-refractivity contribution in [3.05, 3.63) is 24.3 Å². The number of aliphatic hydroxyl groups is 11. The van der Waals surface area contributed by atoms with Crippen LogP contribution in [0, 0.1) is 0 Å². The van der Waals surface area contributed by atoms with Crippen molar-refractivity contribution in [2.45, 2.75) is 285 Å². The van der Waals surface area contributed by atoms with Gasteiger partial charge in [0.05, 0.1) is 19.8 Å². The molecule has 79 heavy (non-hydrogen) atoms. The first kappa shape index (κ1) is 71.2. The van der Waals surface area contributed by atoms with Gasteiger partial charge in [0.1, 0.15) is 92.1 Å². The zero-order valence-electron chi connectivity index (χ0n) is 46.6. The van der Waals surface area contributed by atoms with Crippen LogP contribution in [0.3, 0.4) is 0 Å². The molecule has 2 heterocycles. The molecule has 3 fully saturated rings. The molecule has 16 unspecified atom stereocenters. The van der Waals surface area contributed by atoms with Crippen molar-refractivity contribution >= 4 is 19.8 Å². The summed E-state index contributed by atoms with van der Waals surface area (Å²) in [5.41, 5.74) is 0. The van der Waals surface area contributed by atoms with Crippen molar-refractivity contribution in [1.29, 1.82) is 0 Å². The van der Waals surface area contributed by atoms with E-state index in [0.717, 1.165) is 63.9 Å². The maximum atomic E-state index is 14.0. The Labute approximate surface area is 466 Å². The summed E-state index contributed by atoms with van der Waals surface area (Å²) in [4.78, 5) is 37.3. The normalized spacial score (nSPS) is 31.6. The predicted octanol–water partition coefficient (Wildman–Crippen LogP) is 3.70. The first-order valence-electron chi connectivity index (χ1n) is 29.2. The van der Waals surface area contributed by atoms with E-state index in [4.69, 9.17) is 37.5 Å². The van der Waals surface area contributed by atoms with Gasteiger partial charge in [-0.2, -0.15) is 0 Å². The van der Waals surface area contributed by atoms with Crippen molar-refractivity contribution in [2.24, 2.45) is 0 Å². The molecule has 0 spiro atoms. The van der Waals surface area contributed by atoms with Gasteiger partial charge in [-0.15, -0.1) is 0 Å². The van der Waals surface area contributed by atoms with Gasteiger partial charge < -0.3 is 89.5 Å². The summed E-state index contributed by atoms with van der Waals surface area (Å²) in [5.74, 6) is -1.58. The van der Waals surface area contributed by atoms with Gasteiger partial charge >= 0.3 is 19.8 Å². The third kappa shape index (κ3) is 26.2. The number of aliphatic hydroxyl groups excluding tert-OH is 11. The Kier molecular flexibility index (Phi) is 36.3. The zero-order valence-corrected chi connectivity index (χ0v) is 47.5. The SMILES string of the molecule is CCCCCCCCCCCCC/C=C/C=C/C(=O)OCC(COP(=O)(O)OC1C(OC2OC(CO)C(O)C(O)C2O)C(O)C(O)C(O)C1OC1OC(CO)C(O)C(O)C1O)OC(=O)CCCCCCCCCCCCCCC. The van der Waals surface area contributed by atoms with Gasteiger partial charge in [-0.1, -0.05) is 173 Å². The number of hydrogen-bond donors (Lipinski definition) is 12. The van der Waals surface area contributed by atoms with E-state index in [1.807, 2.05) is 6.08 Å². The molecule has 2 saturated heterocycles. The Morgan fingerprint density at radius 2 is 0.911 bits per heavy atom. The van der Waals surface area contributed by atoms with Gasteiger partial charge in [0.15, 0.2) is 18.7 Å². The number of rotatable bonds is 42. The van der Waals surface area contributed by atoms with Crippen LogP contribution >= 0.6 is 7.82 Å². The third-order valence-corrected chi connectivity index (χ3v) is 15.6. The number of carbonyl (C=O) groups is 2. The highest BCUT2D eigenvalue weighted by Crippen LogP contribution is 2.49. The molecule has 0 aromatic carbocycles. The summed E-state index contributed by atoms with van der Waals surface area (Å²) in [5, 5.41) is 116. The van der Waals surface area contributed by atoms with Crippen molar-refractivity contribution in [2.75, 3.05) is 26.4 Å². The van der Waals surface area contributed by atoms with Crippen LogP contribution in [-0.2, 0) is 51.6 Å². The fraction of sp³-hybridized carbons (Fsp3) is 0.891. The van der Waals surface area contributed by atoms with E-state index in [-0.39, 0.29) is 6.42 Å². The van der Waals surface area contributed by atoms with Gasteiger partial charge in [-0.3, -0.25) is 13.8 Å². The topological polar surface area (TPSA) is 368 Å². The Bertz CT molecular complexity index is 1670. The number of phosphoric ester groups is 1. The molecule has 0 radical (unpaired) electrons. The van der Waals surface area contributed by atoms with Gasteiger partial charge in [0.25, 0.3) is 0 Å². The van der Waals surface area contributed by atoms with Crippen molar-refractivity contribution in [1.82, 2.24) is 0 Å². The Morgan fingerprint density at radius 3 is 1.34 bits per heavy atom. The molecule has 1 aliphatic carbocycles. The minimum atomic E-state index is -5.65. The predicted molar refractivity (Wildman–Crippen MR) is 286 cm³/mol. The lowest BCUT2D eigenvalue weighted by atomic mass is 9.84. The molecule has 3 rings (SSSR count). The third-order valence-electron chi connectivity index (χ3n) is 14.6. The highest BCUT2D eigenvalue weighted by Gasteiger charge is 2.58. The fourth-order valence-corrected chi connectivity index (χ4v) is 10.7. The number of allylic oxidation sites excluding steroid dienone is 3. The van der Waals surface area contributed by atoms with Crippen LogP contribution in [0.2, 0.25) is 0 Å². The minimum Gasteiger partial charge on any atom is -0.458 e. The number of unbranched alkanes of at least 4 members (excludes halogenated alkanes) is 23. The maximum Gasteiger partial charge on any atom is 0.472 e. The smallest absolute Gasteiger partial charge is 0.458 e. The number of esters is 2. The average Bonchev–Trinajstić information content (AvgIpc) is 3.57. The van der Waals surface area contributed by atoms with Crippen molar-refractivity contribution in [3.63, 3.8) is 0 Å². The Balaban J connectivity index is 1.73. The van der Waals surface area contributed by atoms with Crippen molar-refractivity contribution < 1.29 is 113 Å². The molecular formula is C55H99O23P. The van der Waals surface area contributed by atoms with Crippen LogP contribution in [0.4, 0.5) is 0 Å². The molecule has 12 N–H and O–H groups in total. The average molecular weight is 1160 g/mol. The molecule has 1 saturated carbocycles. The monoisotopic (exact) mass is 1160 g/mol. The summed E-state index contributed by atoms with van der Waals surface area (Å²) in [6, 6.07) is 0. The van der Waals surface area contributed by atoms with E-state index in [1.165, 1.54) is 102 Å². The summed E-state index contributed by atoms with van der Waals surface area (Å²) < 4.78 is 57.9. The van der Waals surface area contributed by atoms with E-state index < -0.39 is 150 Å². The second-order valence-electron chi connectivity index (χ2n) is 21.2. The molecule has 16 atom stereocenters. The molecule has 0 amide bonds. The highest BCUT2D eigenvalue weighted by molar-refractivity contribution is 7.47. The number of carbonyl (C=O) groups excluding carboxylic acids is 2. The molecule has 462 valence electrons. The number of ether oxygens (including phenoxy) is 6. The number of hydrogen-bond acceptors (Lipinski definition) is 22. The van der Waals surface area contributed by atoms with Gasteiger partial charge in [-0.05, 0) is 19.3 Å². The van der Waals surface area contributed by atoms with E-state index in [9.17, 15) is 75.2 Å². The van der Waals surface area contributed by atoms with E-state index in [1.54, 1.807) is 6.08 Å². The molecule has 2 aliphatic heterocycles. The summed E-state index contributed by atoms with van der Waals surface area (Å²) in [6.45, 7) is 0.886. The summed E-state index contributed by atoms with van der Waals surface area (Å²) >= 11 is 0. The maximum absolute atomic E-state index is 14.0. The minimum absolute atomic E-state index is 0.0482. The molecule has 0 bridgehead atoms. The molecule has 0 aromatic rings. The second kappa shape index (κ2) is 40.2. The van der Waals surface area contributed by atoms with Crippen LogP contribution in [0.25, 0.3) is 0 Å². The van der Waals surface area contributed by atoms with Gasteiger partial charge in [-0.25, -0.2) is 9.36 Å². The van der Waals surface area contributed by atoms with E-state index >= 15 is 0 Å². The first-order valence-corrected chi connectivity index (χ1v) is 30.7. The van der Waals surface area contributed by atoms with Gasteiger partial charge in [0.2, 0.25) is 0 Å². The lowest BCUT2D eigenvalue weighted by Crippen LogP contribution is -2.69. The molecule has 23 nitrogen and oxygen atoms in total. The highest BCUT2D eigenvalue weighted by atomic mass is 31.2. The quantitative estimate of drug-likeness (QED) is 0.0136. The summed E-state index contributed by atoms with van der Waals surface area (Å²) in [7, 11) is -5.65. The first-order chi connectivity index (χ1) is 37.9. The van der Waals surface area contributed by atoms with E-state index in [2.05, 4.69) is 13.8 Å².